The van der Waals surface area contributed by atoms with E-state index >= 15 is 0 Å². The summed E-state index contributed by atoms with van der Waals surface area (Å²) in [7, 11) is 0. The highest BCUT2D eigenvalue weighted by Gasteiger charge is 2.13. The van der Waals surface area contributed by atoms with E-state index in [0.717, 1.165) is 0 Å². The molecule has 1 aromatic carbocycles. The van der Waals surface area contributed by atoms with Crippen molar-refractivity contribution in [2.75, 3.05) is 11.9 Å². The highest BCUT2D eigenvalue weighted by atomic mass is 35.5. The SMILES string of the molecule is CC(=O)Nc1ccc(C(=O)COC(=O)c2cc(Cl)c[nH]2)cc1. The maximum Gasteiger partial charge on any atom is 0.355 e. The predicted octanol–water partition coefficient (Wildman–Crippen LogP) is 2.67. The summed E-state index contributed by atoms with van der Waals surface area (Å²) in [6, 6.07) is 7.71. The summed E-state index contributed by atoms with van der Waals surface area (Å²) < 4.78 is 4.90. The molecule has 0 aliphatic carbocycles. The molecule has 6 nitrogen and oxygen atoms in total. The molecule has 7 heteroatoms. The molecule has 1 heterocycles. The first-order valence-corrected chi connectivity index (χ1v) is 6.75. The Kier molecular flexibility index (Phi) is 4.95. The smallest absolute Gasteiger partial charge is 0.355 e. The van der Waals surface area contributed by atoms with E-state index in [0.29, 0.717) is 16.3 Å². The van der Waals surface area contributed by atoms with Crippen LogP contribution < -0.4 is 5.32 Å². The molecule has 0 fully saturated rings. The number of ketones is 1. The summed E-state index contributed by atoms with van der Waals surface area (Å²) in [5.74, 6) is -1.20. The first kappa shape index (κ1) is 15.8. The number of H-pyrrole nitrogens is 1. The Balaban J connectivity index is 1.92. The number of ether oxygens (including phenoxy) is 1. The van der Waals surface area contributed by atoms with Crippen LogP contribution >= 0.6 is 11.6 Å². The lowest BCUT2D eigenvalue weighted by molar-refractivity contribution is -0.114. The van der Waals surface area contributed by atoms with Gasteiger partial charge in [-0.05, 0) is 30.3 Å². The molecule has 0 atom stereocenters. The van der Waals surface area contributed by atoms with Crippen molar-refractivity contribution >= 4 is 34.9 Å². The normalized spacial score (nSPS) is 10.1. The molecule has 114 valence electrons. The van der Waals surface area contributed by atoms with E-state index in [2.05, 4.69) is 10.3 Å². The Morgan fingerprint density at radius 1 is 1.23 bits per heavy atom. The second-order valence-electron chi connectivity index (χ2n) is 4.49. The van der Waals surface area contributed by atoms with Gasteiger partial charge in [-0.3, -0.25) is 9.59 Å². The zero-order valence-electron chi connectivity index (χ0n) is 11.7. The van der Waals surface area contributed by atoms with Crippen LogP contribution in [0, 0.1) is 0 Å². The monoisotopic (exact) mass is 320 g/mol. The molecule has 0 saturated heterocycles. The third kappa shape index (κ3) is 4.20. The molecule has 2 N–H and O–H groups in total. The number of carbonyl (C=O) groups excluding carboxylic acids is 3. The van der Waals surface area contributed by atoms with Gasteiger partial charge in [0.25, 0.3) is 0 Å². The van der Waals surface area contributed by atoms with Crippen molar-refractivity contribution in [1.29, 1.82) is 0 Å². The van der Waals surface area contributed by atoms with E-state index in [9.17, 15) is 14.4 Å². The summed E-state index contributed by atoms with van der Waals surface area (Å²) in [5, 5.41) is 2.97. The molecule has 0 aliphatic heterocycles. The quantitative estimate of drug-likeness (QED) is 0.655. The molecule has 0 aliphatic rings. The molecule has 2 rings (SSSR count). The number of Topliss-reactive ketones (excluding diaryl/α,β-unsaturated/α-hetero) is 1. The number of benzene rings is 1. The lowest BCUT2D eigenvalue weighted by Gasteiger charge is -2.05. The van der Waals surface area contributed by atoms with Crippen LogP contribution in [0.1, 0.15) is 27.8 Å². The number of hydrogen-bond donors (Lipinski definition) is 2. The summed E-state index contributed by atoms with van der Waals surface area (Å²) in [5.41, 5.74) is 1.15. The van der Waals surface area contributed by atoms with Crippen molar-refractivity contribution in [1.82, 2.24) is 4.98 Å². The van der Waals surface area contributed by atoms with Crippen LogP contribution in [-0.4, -0.2) is 29.3 Å². The topological polar surface area (TPSA) is 88.3 Å². The van der Waals surface area contributed by atoms with Crippen LogP contribution in [0.2, 0.25) is 5.02 Å². The van der Waals surface area contributed by atoms with Crippen LogP contribution in [0.4, 0.5) is 5.69 Å². The second kappa shape index (κ2) is 6.91. The minimum Gasteiger partial charge on any atom is -0.453 e. The van der Waals surface area contributed by atoms with Gasteiger partial charge in [-0.2, -0.15) is 0 Å². The third-order valence-electron chi connectivity index (χ3n) is 2.73. The Morgan fingerprint density at radius 3 is 2.45 bits per heavy atom. The lowest BCUT2D eigenvalue weighted by Crippen LogP contribution is -2.14. The van der Waals surface area contributed by atoms with E-state index in [4.69, 9.17) is 16.3 Å². The average Bonchev–Trinajstić information content (AvgIpc) is 2.91. The molecule has 0 spiro atoms. The maximum atomic E-state index is 11.9. The van der Waals surface area contributed by atoms with Gasteiger partial charge in [0.1, 0.15) is 5.69 Å². The van der Waals surface area contributed by atoms with Crippen molar-refractivity contribution in [2.45, 2.75) is 6.92 Å². The van der Waals surface area contributed by atoms with E-state index in [1.54, 1.807) is 24.3 Å². The molecule has 0 radical (unpaired) electrons. The van der Waals surface area contributed by atoms with Crippen molar-refractivity contribution < 1.29 is 19.1 Å². The summed E-state index contributed by atoms with van der Waals surface area (Å²) >= 11 is 5.68. The van der Waals surface area contributed by atoms with Crippen LogP contribution in [0.15, 0.2) is 36.5 Å². The minimum atomic E-state index is -0.657. The highest BCUT2D eigenvalue weighted by Crippen LogP contribution is 2.12. The first-order valence-electron chi connectivity index (χ1n) is 6.37. The lowest BCUT2D eigenvalue weighted by atomic mass is 10.1. The van der Waals surface area contributed by atoms with Gasteiger partial charge in [0.15, 0.2) is 12.4 Å². The van der Waals surface area contributed by atoms with Crippen LogP contribution in [0.5, 0.6) is 0 Å². The van der Waals surface area contributed by atoms with Crippen LogP contribution in [0.25, 0.3) is 0 Å². The number of amides is 1. The Morgan fingerprint density at radius 2 is 1.91 bits per heavy atom. The summed E-state index contributed by atoms with van der Waals surface area (Å²) in [6.07, 6.45) is 1.45. The fourth-order valence-corrected chi connectivity index (χ4v) is 1.88. The molecule has 22 heavy (non-hydrogen) atoms. The molecule has 0 bridgehead atoms. The summed E-state index contributed by atoms with van der Waals surface area (Å²) in [6.45, 7) is 1.01. The Bertz CT molecular complexity index is 707. The number of rotatable bonds is 5. The average molecular weight is 321 g/mol. The third-order valence-corrected chi connectivity index (χ3v) is 2.95. The van der Waals surface area contributed by atoms with Gasteiger partial charge in [-0.15, -0.1) is 0 Å². The molecule has 0 unspecified atom stereocenters. The number of carbonyl (C=O) groups is 3. The van der Waals surface area contributed by atoms with Crippen molar-refractivity contribution in [3.63, 3.8) is 0 Å². The summed E-state index contributed by atoms with van der Waals surface area (Å²) in [4.78, 5) is 37.1. The van der Waals surface area contributed by atoms with Gasteiger partial charge < -0.3 is 15.0 Å². The zero-order valence-corrected chi connectivity index (χ0v) is 12.4. The largest absolute Gasteiger partial charge is 0.453 e. The van der Waals surface area contributed by atoms with Gasteiger partial charge >= 0.3 is 5.97 Å². The van der Waals surface area contributed by atoms with Gasteiger partial charge in [0.05, 0.1) is 5.02 Å². The molecule has 2 aromatic rings. The molecule has 1 aromatic heterocycles. The maximum absolute atomic E-state index is 11.9. The minimum absolute atomic E-state index is 0.179. The van der Waals surface area contributed by atoms with Gasteiger partial charge in [0.2, 0.25) is 5.91 Å². The number of esters is 1. The van der Waals surface area contributed by atoms with Gasteiger partial charge in [0, 0.05) is 24.4 Å². The first-order chi connectivity index (χ1) is 10.5. The fraction of sp³-hybridized carbons (Fsp3) is 0.133. The number of aromatic amines is 1. The van der Waals surface area contributed by atoms with E-state index in [-0.39, 0.29) is 24.0 Å². The molecular weight excluding hydrogens is 308 g/mol. The van der Waals surface area contributed by atoms with E-state index in [1.807, 2.05) is 0 Å². The van der Waals surface area contributed by atoms with Crippen molar-refractivity contribution in [3.8, 4) is 0 Å². The number of aromatic nitrogens is 1. The molecule has 0 saturated carbocycles. The molecule has 1 amide bonds. The number of halogens is 1. The van der Waals surface area contributed by atoms with E-state index < -0.39 is 5.97 Å². The van der Waals surface area contributed by atoms with Gasteiger partial charge in [-0.25, -0.2) is 4.79 Å². The van der Waals surface area contributed by atoms with E-state index in [1.165, 1.54) is 19.2 Å². The highest BCUT2D eigenvalue weighted by molar-refractivity contribution is 6.30. The standard InChI is InChI=1S/C15H13ClN2O4/c1-9(19)18-12-4-2-10(3-5-12)14(20)8-22-15(21)13-6-11(16)7-17-13/h2-7,17H,8H2,1H3,(H,18,19). The Labute approximate surface area is 131 Å². The number of nitrogens with one attached hydrogen (secondary N) is 2. The fourth-order valence-electron chi connectivity index (χ4n) is 1.72. The second-order valence-corrected chi connectivity index (χ2v) is 4.93. The number of hydrogen-bond acceptors (Lipinski definition) is 4. The number of anilines is 1. The van der Waals surface area contributed by atoms with Crippen molar-refractivity contribution in [3.05, 3.63) is 52.8 Å². The molecular formula is C15H13ClN2O4. The predicted molar refractivity (Wildman–Crippen MR) is 81.2 cm³/mol. The van der Waals surface area contributed by atoms with Crippen LogP contribution in [0.3, 0.4) is 0 Å². The van der Waals surface area contributed by atoms with Crippen LogP contribution in [-0.2, 0) is 9.53 Å². The Hall–Kier alpha value is -2.60. The zero-order chi connectivity index (χ0) is 16.1. The van der Waals surface area contributed by atoms with Crippen molar-refractivity contribution in [2.24, 2.45) is 0 Å². The van der Waals surface area contributed by atoms with Gasteiger partial charge in [-0.1, -0.05) is 11.6 Å².